The van der Waals surface area contributed by atoms with E-state index >= 15 is 0 Å². The van der Waals surface area contributed by atoms with Crippen molar-refractivity contribution < 1.29 is 0 Å². The Morgan fingerprint density at radius 1 is 0.310 bits per heavy atom. The maximum absolute atomic E-state index is 7.19. The van der Waals surface area contributed by atoms with E-state index in [0.717, 1.165) is 18.3 Å². The zero-order valence-corrected chi connectivity index (χ0v) is 25.6. The van der Waals surface area contributed by atoms with Gasteiger partial charge in [0.05, 0.1) is 49.3 Å². The van der Waals surface area contributed by atoms with E-state index in [1.807, 2.05) is 0 Å². The van der Waals surface area contributed by atoms with E-state index < -0.39 is 0 Å². The van der Waals surface area contributed by atoms with Crippen molar-refractivity contribution in [3.63, 3.8) is 0 Å². The van der Waals surface area contributed by atoms with Crippen LogP contribution >= 0.6 is 11.6 Å². The van der Waals surface area contributed by atoms with Crippen molar-refractivity contribution in [2.75, 3.05) is 0 Å². The van der Waals surface area contributed by atoms with Gasteiger partial charge in [-0.15, -0.1) is 11.6 Å². The van der Waals surface area contributed by atoms with Gasteiger partial charge in [-0.1, -0.05) is 44.9 Å². The monoisotopic (exact) mass is 704 g/mol. The predicted octanol–water partition coefficient (Wildman–Crippen LogP) is 1.64. The van der Waals surface area contributed by atoms with Gasteiger partial charge in [-0.25, -0.2) is 0 Å². The number of hydrogen-bond acceptors (Lipinski definition) is 8. The summed E-state index contributed by atoms with van der Waals surface area (Å²) < 4.78 is 0. The Hall–Kier alpha value is 0.840. The normalized spacial score (nSPS) is 56.9. The molecule has 0 aromatic heterocycles. The Balaban J connectivity index is 0.00000267. The van der Waals surface area contributed by atoms with Crippen molar-refractivity contribution in [1.29, 1.82) is 0 Å². The van der Waals surface area contributed by atoms with Crippen LogP contribution in [0.2, 0.25) is 0 Å². The van der Waals surface area contributed by atoms with Crippen LogP contribution in [-0.2, 0) is 0 Å². The van der Waals surface area contributed by atoms with E-state index in [4.69, 9.17) is 11.6 Å². The van der Waals surface area contributed by atoms with Crippen LogP contribution in [0.25, 0.3) is 0 Å². The molecule has 5 aliphatic heterocycles. The van der Waals surface area contributed by atoms with Crippen LogP contribution in [0.1, 0.15) is 96.3 Å². The molecule has 4 saturated carbocycles. The van der Waals surface area contributed by atoms with E-state index in [1.165, 1.54) is 89.9 Å². The molecule has 17 unspecified atom stereocenters. The zero-order chi connectivity index (χ0) is 27.1. The summed E-state index contributed by atoms with van der Waals surface area (Å²) in [5.41, 5.74) is 0. The average molecular weight is 705 g/mol. The standard InChI is InChI=1S/C32H55ClN8.In.3H/c33-23-15-7-14-22-24(23)32-40-30-21-13-6-5-12-20(21)28(38-30)36-26-17-9-2-1-8-16(17)25(34-26)35-27-18-10-3-4-11-19(18)29(37-27)39-31(22)41-32;;;;/h16-32,34-41H,1-15H2;;;;. The molecule has 9 aliphatic rings. The van der Waals surface area contributed by atoms with Crippen LogP contribution in [0.5, 0.6) is 0 Å². The molecule has 236 valence electrons. The van der Waals surface area contributed by atoms with Gasteiger partial charge in [0.1, 0.15) is 0 Å². The first kappa shape index (κ1) is 30.2. The second kappa shape index (κ2) is 12.5. The molecule has 0 spiro atoms. The molecule has 0 amide bonds. The zero-order valence-electron chi connectivity index (χ0n) is 24.8. The van der Waals surface area contributed by atoms with Crippen molar-refractivity contribution in [3.8, 4) is 0 Å². The Morgan fingerprint density at radius 2 is 0.571 bits per heavy atom. The average Bonchev–Trinajstić information content (AvgIpc) is 3.73. The van der Waals surface area contributed by atoms with Crippen molar-refractivity contribution in [1.82, 2.24) is 42.5 Å². The molecule has 0 aromatic carbocycles. The summed E-state index contributed by atoms with van der Waals surface area (Å²) in [6.07, 6.45) is 22.9. The third kappa shape index (κ3) is 5.18. The second-order valence-electron chi connectivity index (χ2n) is 15.7. The minimum absolute atomic E-state index is 0. The first-order valence-corrected chi connectivity index (χ1v) is 18.4. The van der Waals surface area contributed by atoms with Crippen molar-refractivity contribution in [3.05, 3.63) is 0 Å². The Kier molecular flexibility index (Phi) is 8.96. The quantitative estimate of drug-likeness (QED) is 0.181. The molecular formula is C32H58ClInN8. The van der Waals surface area contributed by atoms with Gasteiger partial charge < -0.3 is 0 Å². The molecule has 8 nitrogen and oxygen atoms in total. The van der Waals surface area contributed by atoms with Crippen molar-refractivity contribution in [2.45, 2.75) is 151 Å². The molecule has 17 atom stereocenters. The Bertz CT molecular complexity index is 959. The fraction of sp³-hybridized carbons (Fsp3) is 1.00. The molecule has 0 radical (unpaired) electrons. The molecule has 9 rings (SSSR count). The summed E-state index contributed by atoms with van der Waals surface area (Å²) in [4.78, 5) is 0. The van der Waals surface area contributed by atoms with Gasteiger partial charge in [0, 0.05) is 11.3 Å². The summed E-state index contributed by atoms with van der Waals surface area (Å²) in [5, 5.41) is 33.8. The van der Waals surface area contributed by atoms with Crippen LogP contribution in [0, 0.1) is 47.3 Å². The van der Waals surface area contributed by atoms with Crippen LogP contribution in [-0.4, -0.2) is 80.5 Å². The number of nitrogens with one attached hydrogen (secondary N) is 8. The summed E-state index contributed by atoms with van der Waals surface area (Å²) in [6, 6.07) is 0. The van der Waals surface area contributed by atoms with Gasteiger partial charge in [0.25, 0.3) is 0 Å². The number of fused-ring (bicyclic) bond motifs is 20. The molecule has 0 aromatic rings. The van der Waals surface area contributed by atoms with Gasteiger partial charge >= 0.3 is 25.8 Å². The molecule has 4 aliphatic carbocycles. The van der Waals surface area contributed by atoms with Crippen LogP contribution in [0.4, 0.5) is 0 Å². The molecule has 42 heavy (non-hydrogen) atoms. The first-order valence-electron chi connectivity index (χ1n) is 17.9. The maximum atomic E-state index is 7.19. The summed E-state index contributed by atoms with van der Waals surface area (Å²) in [5.74, 6) is 5.34. The van der Waals surface area contributed by atoms with Gasteiger partial charge in [0.15, 0.2) is 0 Å². The third-order valence-corrected chi connectivity index (χ3v) is 14.3. The van der Waals surface area contributed by atoms with Gasteiger partial charge in [-0.3, -0.25) is 42.5 Å². The fourth-order valence-electron chi connectivity index (χ4n) is 12.0. The number of hydrogen-bond donors (Lipinski definition) is 8. The van der Waals surface area contributed by atoms with Crippen molar-refractivity contribution in [2.24, 2.45) is 47.3 Å². The van der Waals surface area contributed by atoms with E-state index in [1.54, 1.807) is 0 Å². The van der Waals surface area contributed by atoms with E-state index in [9.17, 15) is 0 Å². The van der Waals surface area contributed by atoms with Crippen LogP contribution in [0.15, 0.2) is 0 Å². The molecule has 10 heteroatoms. The SMILES string of the molecule is ClC1CCCC2C3NC4NC(NC5NC(NC6NC(NC(N3)C12)C1CCCCC61)C1CCCCC51)C1CCCCC41.[InH3]. The summed E-state index contributed by atoms with van der Waals surface area (Å²) in [7, 11) is 0. The molecule has 5 heterocycles. The molecule has 5 saturated heterocycles. The number of alkyl halides is 1. The fourth-order valence-corrected chi connectivity index (χ4v) is 12.5. The van der Waals surface area contributed by atoms with E-state index in [2.05, 4.69) is 42.5 Å². The van der Waals surface area contributed by atoms with Gasteiger partial charge in [-0.2, -0.15) is 0 Å². The molecule has 9 fully saturated rings. The second-order valence-corrected chi connectivity index (χ2v) is 16.2. The Morgan fingerprint density at radius 3 is 0.905 bits per heavy atom. The summed E-state index contributed by atoms with van der Waals surface area (Å²) >= 11 is 7.19. The summed E-state index contributed by atoms with van der Waals surface area (Å²) in [6.45, 7) is 0. The Labute approximate surface area is 277 Å². The van der Waals surface area contributed by atoms with E-state index in [0.29, 0.717) is 78.7 Å². The molecule has 8 N–H and O–H groups in total. The minimum atomic E-state index is 0. The number of halogens is 1. The molecular weight excluding hydrogens is 647 g/mol. The van der Waals surface area contributed by atoms with E-state index in [-0.39, 0.29) is 37.4 Å². The predicted molar refractivity (Wildman–Crippen MR) is 172 cm³/mol. The van der Waals surface area contributed by atoms with Gasteiger partial charge in [0.2, 0.25) is 0 Å². The topological polar surface area (TPSA) is 96.2 Å². The first-order chi connectivity index (χ1) is 20.2. The van der Waals surface area contributed by atoms with Crippen LogP contribution in [0.3, 0.4) is 0 Å². The van der Waals surface area contributed by atoms with Gasteiger partial charge in [-0.05, 0) is 92.8 Å². The third-order valence-electron chi connectivity index (χ3n) is 13.8. The number of rotatable bonds is 0. The van der Waals surface area contributed by atoms with Crippen LogP contribution < -0.4 is 42.5 Å². The molecule has 8 bridgehead atoms. The van der Waals surface area contributed by atoms with Crippen molar-refractivity contribution >= 4 is 37.4 Å².